The van der Waals surface area contributed by atoms with Gasteiger partial charge in [0.25, 0.3) is 5.91 Å². The number of carbonyl (C=O) groups excluding carboxylic acids is 1. The van der Waals surface area contributed by atoms with Crippen LogP contribution in [0.25, 0.3) is 10.6 Å². The van der Waals surface area contributed by atoms with Crippen LogP contribution in [-0.4, -0.2) is 24.0 Å². The minimum Gasteiger partial charge on any atom is -0.492 e. The second-order valence-electron chi connectivity index (χ2n) is 4.96. The Balaban J connectivity index is 1.49. The second kappa shape index (κ2) is 7.70. The maximum absolute atomic E-state index is 12.8. The summed E-state index contributed by atoms with van der Waals surface area (Å²) < 4.78 is 18.2. The Hall–Kier alpha value is -2.73. The summed E-state index contributed by atoms with van der Waals surface area (Å²) in [5.41, 5.74) is 1.38. The Bertz CT molecular complexity index is 803. The second-order valence-corrected chi connectivity index (χ2v) is 5.82. The van der Waals surface area contributed by atoms with E-state index in [0.717, 1.165) is 10.6 Å². The highest BCUT2D eigenvalue weighted by Gasteiger charge is 2.11. The molecular weight excluding hydrogens is 327 g/mol. The highest BCUT2D eigenvalue weighted by Crippen LogP contribution is 2.23. The zero-order valence-electron chi connectivity index (χ0n) is 12.7. The minimum atomic E-state index is -0.312. The van der Waals surface area contributed by atoms with Gasteiger partial charge in [-0.3, -0.25) is 4.79 Å². The van der Waals surface area contributed by atoms with Crippen molar-refractivity contribution in [3.05, 3.63) is 71.5 Å². The lowest BCUT2D eigenvalue weighted by molar-refractivity contribution is 0.0943. The fourth-order valence-electron chi connectivity index (χ4n) is 2.05. The third-order valence-corrected chi connectivity index (χ3v) is 4.12. The molecule has 122 valence electrons. The Morgan fingerprint density at radius 1 is 1.12 bits per heavy atom. The average molecular weight is 342 g/mol. The molecule has 0 bridgehead atoms. The molecule has 0 radical (unpaired) electrons. The Morgan fingerprint density at radius 2 is 1.88 bits per heavy atom. The zero-order valence-corrected chi connectivity index (χ0v) is 13.6. The zero-order chi connectivity index (χ0) is 16.8. The molecule has 0 saturated heterocycles. The third-order valence-electron chi connectivity index (χ3n) is 3.23. The highest BCUT2D eigenvalue weighted by molar-refractivity contribution is 7.13. The number of thiazole rings is 1. The van der Waals surface area contributed by atoms with Crippen LogP contribution in [0.4, 0.5) is 4.39 Å². The maximum atomic E-state index is 12.8. The van der Waals surface area contributed by atoms with Crippen molar-refractivity contribution in [2.24, 2.45) is 0 Å². The number of ether oxygens (including phenoxy) is 1. The molecule has 4 nitrogen and oxygen atoms in total. The van der Waals surface area contributed by atoms with Crippen LogP contribution in [0, 0.1) is 5.82 Å². The lowest BCUT2D eigenvalue weighted by Gasteiger charge is -2.06. The molecule has 1 heterocycles. The molecule has 0 atom stereocenters. The lowest BCUT2D eigenvalue weighted by Crippen LogP contribution is -2.28. The predicted octanol–water partition coefficient (Wildman–Crippen LogP) is 3.76. The Kier molecular flexibility index (Phi) is 5.18. The first kappa shape index (κ1) is 16.1. The molecule has 0 fully saturated rings. The van der Waals surface area contributed by atoms with E-state index in [0.29, 0.717) is 24.6 Å². The number of benzene rings is 2. The van der Waals surface area contributed by atoms with Crippen LogP contribution in [0.3, 0.4) is 0 Å². The van der Waals surface area contributed by atoms with Gasteiger partial charge in [0.2, 0.25) is 0 Å². The molecule has 0 unspecified atom stereocenters. The van der Waals surface area contributed by atoms with Gasteiger partial charge in [0.15, 0.2) is 0 Å². The van der Waals surface area contributed by atoms with Gasteiger partial charge in [-0.1, -0.05) is 30.3 Å². The summed E-state index contributed by atoms with van der Waals surface area (Å²) in [6.07, 6.45) is 0. The molecule has 1 aromatic heterocycles. The van der Waals surface area contributed by atoms with Crippen LogP contribution in [0.15, 0.2) is 60.0 Å². The van der Waals surface area contributed by atoms with Gasteiger partial charge < -0.3 is 10.1 Å². The van der Waals surface area contributed by atoms with Crippen molar-refractivity contribution in [1.29, 1.82) is 0 Å². The number of carbonyl (C=O) groups is 1. The van der Waals surface area contributed by atoms with Crippen LogP contribution >= 0.6 is 11.3 Å². The van der Waals surface area contributed by atoms with Crippen molar-refractivity contribution in [2.75, 3.05) is 13.2 Å². The Labute approximate surface area is 142 Å². The maximum Gasteiger partial charge on any atom is 0.270 e. The molecule has 3 aromatic rings. The summed E-state index contributed by atoms with van der Waals surface area (Å²) in [5, 5.41) is 5.29. The first-order valence-electron chi connectivity index (χ1n) is 7.40. The van der Waals surface area contributed by atoms with E-state index in [1.807, 2.05) is 30.3 Å². The summed E-state index contributed by atoms with van der Waals surface area (Å²) in [7, 11) is 0. The molecular formula is C18H15FN2O2S. The number of hydrogen-bond acceptors (Lipinski definition) is 4. The molecule has 0 saturated carbocycles. The van der Waals surface area contributed by atoms with Crippen molar-refractivity contribution in [3.63, 3.8) is 0 Å². The van der Waals surface area contributed by atoms with Crippen LogP contribution < -0.4 is 10.1 Å². The number of rotatable bonds is 6. The predicted molar refractivity (Wildman–Crippen MR) is 91.8 cm³/mol. The number of nitrogens with zero attached hydrogens (tertiary/aromatic N) is 1. The summed E-state index contributed by atoms with van der Waals surface area (Å²) >= 11 is 1.43. The van der Waals surface area contributed by atoms with Gasteiger partial charge in [0, 0.05) is 10.9 Å². The number of hydrogen-bond donors (Lipinski definition) is 1. The Morgan fingerprint density at radius 3 is 2.62 bits per heavy atom. The van der Waals surface area contributed by atoms with Gasteiger partial charge in [-0.2, -0.15) is 0 Å². The first-order chi connectivity index (χ1) is 11.7. The molecule has 1 amide bonds. The molecule has 24 heavy (non-hydrogen) atoms. The van der Waals surface area contributed by atoms with E-state index in [4.69, 9.17) is 4.74 Å². The van der Waals surface area contributed by atoms with Crippen molar-refractivity contribution in [3.8, 4) is 16.3 Å². The standard InChI is InChI=1S/C18H15FN2O2S/c19-14-6-8-15(9-7-14)23-11-10-20-17(22)16-12-24-18(21-16)13-4-2-1-3-5-13/h1-9,12H,10-11H2,(H,20,22). The normalized spacial score (nSPS) is 10.4. The quantitative estimate of drug-likeness (QED) is 0.694. The van der Waals surface area contributed by atoms with Gasteiger partial charge >= 0.3 is 0 Å². The molecule has 0 aliphatic heterocycles. The topological polar surface area (TPSA) is 51.2 Å². The van der Waals surface area contributed by atoms with E-state index in [1.54, 1.807) is 17.5 Å². The van der Waals surface area contributed by atoms with E-state index < -0.39 is 0 Å². The average Bonchev–Trinajstić information content (AvgIpc) is 3.11. The largest absolute Gasteiger partial charge is 0.492 e. The van der Waals surface area contributed by atoms with E-state index in [1.165, 1.54) is 23.5 Å². The molecule has 3 rings (SSSR count). The smallest absolute Gasteiger partial charge is 0.270 e. The van der Waals surface area contributed by atoms with Gasteiger partial charge in [0.1, 0.15) is 28.9 Å². The minimum absolute atomic E-state index is 0.240. The van der Waals surface area contributed by atoms with Crippen LogP contribution in [0.5, 0.6) is 5.75 Å². The van der Waals surface area contributed by atoms with Crippen molar-refractivity contribution in [2.45, 2.75) is 0 Å². The van der Waals surface area contributed by atoms with Crippen molar-refractivity contribution < 1.29 is 13.9 Å². The van der Waals surface area contributed by atoms with E-state index in [9.17, 15) is 9.18 Å². The fourth-order valence-corrected chi connectivity index (χ4v) is 2.85. The molecule has 0 spiro atoms. The summed E-state index contributed by atoms with van der Waals surface area (Å²) in [6.45, 7) is 0.640. The molecule has 1 N–H and O–H groups in total. The van der Waals surface area contributed by atoms with Gasteiger partial charge in [-0.05, 0) is 24.3 Å². The number of amides is 1. The number of nitrogens with one attached hydrogen (secondary N) is 1. The summed E-state index contributed by atoms with van der Waals surface area (Å²) in [5.74, 6) is 0.00946. The van der Waals surface area contributed by atoms with Crippen LogP contribution in [0.1, 0.15) is 10.5 Å². The highest BCUT2D eigenvalue weighted by atomic mass is 32.1. The van der Waals surface area contributed by atoms with E-state index in [2.05, 4.69) is 10.3 Å². The number of halogens is 1. The van der Waals surface area contributed by atoms with Crippen molar-refractivity contribution in [1.82, 2.24) is 10.3 Å². The molecule has 6 heteroatoms. The van der Waals surface area contributed by atoms with Gasteiger partial charge in [-0.25, -0.2) is 9.37 Å². The summed E-state index contributed by atoms with van der Waals surface area (Å²) in [6, 6.07) is 15.5. The molecule has 2 aromatic carbocycles. The van der Waals surface area contributed by atoms with Crippen LogP contribution in [-0.2, 0) is 0 Å². The van der Waals surface area contributed by atoms with Crippen LogP contribution in [0.2, 0.25) is 0 Å². The molecule has 0 aliphatic rings. The van der Waals surface area contributed by atoms with E-state index >= 15 is 0 Å². The first-order valence-corrected chi connectivity index (χ1v) is 8.28. The fraction of sp³-hybridized carbons (Fsp3) is 0.111. The summed E-state index contributed by atoms with van der Waals surface area (Å²) in [4.78, 5) is 16.4. The monoisotopic (exact) mass is 342 g/mol. The lowest BCUT2D eigenvalue weighted by atomic mass is 10.2. The van der Waals surface area contributed by atoms with Gasteiger partial charge in [-0.15, -0.1) is 11.3 Å². The molecule has 0 aliphatic carbocycles. The van der Waals surface area contributed by atoms with E-state index in [-0.39, 0.29) is 11.7 Å². The SMILES string of the molecule is O=C(NCCOc1ccc(F)cc1)c1csc(-c2ccccc2)n1. The van der Waals surface area contributed by atoms with Gasteiger partial charge in [0.05, 0.1) is 6.54 Å². The van der Waals surface area contributed by atoms with Crippen molar-refractivity contribution >= 4 is 17.2 Å². The number of aromatic nitrogens is 1. The third kappa shape index (κ3) is 4.17.